The standard InChI is InChI=1S/C14H20N2O6S/c1-14(2,3)22-13(19)16-11(12(17)18)8-6-5-7-9(10(8)15)23(4,20)21/h5-7,11H,15H2,1-4H3,(H,16,19)(H,17,18)/t11-/m1/s1. The Labute approximate surface area is 134 Å². The minimum absolute atomic E-state index is 0.0358. The zero-order chi connectivity index (χ0) is 18.0. The van der Waals surface area contributed by atoms with Gasteiger partial charge < -0.3 is 20.9 Å². The van der Waals surface area contributed by atoms with Gasteiger partial charge in [-0.05, 0) is 26.8 Å². The van der Waals surface area contributed by atoms with Crippen LogP contribution in [-0.2, 0) is 19.4 Å². The molecule has 0 unspecified atom stereocenters. The number of nitrogens with one attached hydrogen (secondary N) is 1. The zero-order valence-electron chi connectivity index (χ0n) is 13.3. The number of rotatable bonds is 4. The molecule has 0 spiro atoms. The van der Waals surface area contributed by atoms with E-state index in [4.69, 9.17) is 10.5 Å². The van der Waals surface area contributed by atoms with Crippen LogP contribution in [0, 0.1) is 0 Å². The number of carboxylic acid groups (broad SMARTS) is 1. The van der Waals surface area contributed by atoms with Crippen molar-refractivity contribution in [2.24, 2.45) is 0 Å². The van der Waals surface area contributed by atoms with Gasteiger partial charge in [0.05, 0.1) is 10.6 Å². The number of nitrogens with two attached hydrogens (primary N) is 1. The third-order valence-corrected chi connectivity index (χ3v) is 3.87. The highest BCUT2D eigenvalue weighted by Gasteiger charge is 2.28. The highest BCUT2D eigenvalue weighted by atomic mass is 32.2. The molecule has 1 amide bonds. The van der Waals surface area contributed by atoms with Crippen LogP contribution in [0.1, 0.15) is 32.4 Å². The van der Waals surface area contributed by atoms with E-state index in [1.807, 2.05) is 0 Å². The predicted octanol–water partition coefficient (Wildman–Crippen LogP) is 1.32. The van der Waals surface area contributed by atoms with Crippen molar-refractivity contribution in [3.8, 4) is 0 Å². The normalized spacial score (nSPS) is 13.2. The first kappa shape index (κ1) is 18.8. The van der Waals surface area contributed by atoms with Gasteiger partial charge in [-0.3, -0.25) is 0 Å². The van der Waals surface area contributed by atoms with Crippen LogP contribution in [0.15, 0.2) is 23.1 Å². The van der Waals surface area contributed by atoms with Gasteiger partial charge in [-0.1, -0.05) is 12.1 Å². The summed E-state index contributed by atoms with van der Waals surface area (Å²) in [7, 11) is -3.63. The highest BCUT2D eigenvalue weighted by molar-refractivity contribution is 7.90. The van der Waals surface area contributed by atoms with Crippen LogP contribution >= 0.6 is 0 Å². The summed E-state index contributed by atoms with van der Waals surface area (Å²) in [6.45, 7) is 4.88. The number of amides is 1. The molecule has 0 saturated carbocycles. The molecule has 128 valence electrons. The van der Waals surface area contributed by atoms with Gasteiger partial charge in [0, 0.05) is 11.8 Å². The van der Waals surface area contributed by atoms with Gasteiger partial charge in [0.25, 0.3) is 0 Å². The van der Waals surface area contributed by atoms with Gasteiger partial charge in [-0.25, -0.2) is 18.0 Å². The van der Waals surface area contributed by atoms with Gasteiger partial charge in [0.15, 0.2) is 15.9 Å². The number of benzene rings is 1. The summed E-state index contributed by atoms with van der Waals surface area (Å²) in [4.78, 5) is 23.0. The van der Waals surface area contributed by atoms with Crippen LogP contribution in [0.25, 0.3) is 0 Å². The zero-order valence-corrected chi connectivity index (χ0v) is 14.1. The van der Waals surface area contributed by atoms with Gasteiger partial charge in [-0.2, -0.15) is 0 Å². The number of hydrogen-bond acceptors (Lipinski definition) is 6. The lowest BCUT2D eigenvalue weighted by atomic mass is 10.1. The molecule has 0 aromatic heterocycles. The lowest BCUT2D eigenvalue weighted by Crippen LogP contribution is -2.38. The number of hydrogen-bond donors (Lipinski definition) is 3. The van der Waals surface area contributed by atoms with Crippen LogP contribution in [-0.4, -0.2) is 37.4 Å². The molecule has 1 rings (SSSR count). The van der Waals surface area contributed by atoms with Crippen molar-refractivity contribution < 1.29 is 27.9 Å². The predicted molar refractivity (Wildman–Crippen MR) is 83.7 cm³/mol. The molecule has 0 heterocycles. The average molecular weight is 344 g/mol. The van der Waals surface area contributed by atoms with Crippen LogP contribution in [0.4, 0.5) is 10.5 Å². The maximum absolute atomic E-state index is 11.8. The number of alkyl carbamates (subject to hydrolysis) is 1. The molecule has 0 fully saturated rings. The molecular formula is C14H20N2O6S. The van der Waals surface area contributed by atoms with Crippen molar-refractivity contribution in [2.45, 2.75) is 37.3 Å². The quantitative estimate of drug-likeness (QED) is 0.701. The Morgan fingerprint density at radius 1 is 1.30 bits per heavy atom. The molecule has 9 heteroatoms. The second-order valence-corrected chi connectivity index (χ2v) is 7.93. The Balaban J connectivity index is 3.23. The Bertz CT molecular complexity index is 721. The molecule has 8 nitrogen and oxygen atoms in total. The molecule has 0 radical (unpaired) electrons. The minimum atomic E-state index is -3.63. The molecule has 1 aromatic rings. The fourth-order valence-corrected chi connectivity index (χ4v) is 2.68. The number of aliphatic carboxylic acids is 1. The molecule has 23 heavy (non-hydrogen) atoms. The first-order valence-corrected chi connectivity index (χ1v) is 8.53. The number of sulfone groups is 1. The molecule has 0 aliphatic carbocycles. The highest BCUT2D eigenvalue weighted by Crippen LogP contribution is 2.27. The first-order valence-electron chi connectivity index (χ1n) is 6.63. The lowest BCUT2D eigenvalue weighted by Gasteiger charge is -2.23. The Kier molecular flexibility index (Phi) is 5.26. The summed E-state index contributed by atoms with van der Waals surface area (Å²) in [5.74, 6) is -1.40. The van der Waals surface area contributed by atoms with Crippen molar-refractivity contribution in [1.29, 1.82) is 0 Å². The van der Waals surface area contributed by atoms with Gasteiger partial charge in [-0.15, -0.1) is 0 Å². The van der Waals surface area contributed by atoms with E-state index in [0.717, 1.165) is 6.26 Å². The number of para-hydroxylation sites is 1. The maximum atomic E-state index is 11.8. The Hall–Kier alpha value is -2.29. The fourth-order valence-electron chi connectivity index (χ4n) is 1.83. The molecule has 0 aliphatic heterocycles. The van der Waals surface area contributed by atoms with Crippen molar-refractivity contribution in [3.05, 3.63) is 23.8 Å². The van der Waals surface area contributed by atoms with Crippen molar-refractivity contribution in [2.75, 3.05) is 12.0 Å². The Morgan fingerprint density at radius 2 is 1.87 bits per heavy atom. The third-order valence-electron chi connectivity index (χ3n) is 2.72. The summed E-state index contributed by atoms with van der Waals surface area (Å²) < 4.78 is 28.3. The van der Waals surface area contributed by atoms with E-state index >= 15 is 0 Å². The van der Waals surface area contributed by atoms with Crippen LogP contribution < -0.4 is 11.1 Å². The monoisotopic (exact) mass is 344 g/mol. The van der Waals surface area contributed by atoms with E-state index < -0.39 is 33.5 Å². The fraction of sp³-hybridized carbons (Fsp3) is 0.429. The van der Waals surface area contributed by atoms with Crippen molar-refractivity contribution in [1.82, 2.24) is 5.32 Å². The van der Waals surface area contributed by atoms with E-state index in [1.165, 1.54) is 18.2 Å². The lowest BCUT2D eigenvalue weighted by molar-refractivity contribution is -0.139. The number of anilines is 1. The van der Waals surface area contributed by atoms with E-state index in [-0.39, 0.29) is 16.1 Å². The molecule has 1 aromatic carbocycles. The SMILES string of the molecule is CC(C)(C)OC(=O)N[C@@H](C(=O)O)c1cccc(S(C)(=O)=O)c1N. The number of ether oxygens (including phenoxy) is 1. The maximum Gasteiger partial charge on any atom is 0.408 e. The third kappa shape index (κ3) is 5.13. The molecule has 4 N–H and O–H groups in total. The molecule has 0 aliphatic rings. The van der Waals surface area contributed by atoms with Gasteiger partial charge >= 0.3 is 12.1 Å². The van der Waals surface area contributed by atoms with Crippen molar-refractivity contribution in [3.63, 3.8) is 0 Å². The smallest absolute Gasteiger partial charge is 0.408 e. The van der Waals surface area contributed by atoms with Crippen LogP contribution in [0.2, 0.25) is 0 Å². The average Bonchev–Trinajstić information content (AvgIpc) is 2.32. The minimum Gasteiger partial charge on any atom is -0.479 e. The van der Waals surface area contributed by atoms with Crippen molar-refractivity contribution >= 4 is 27.6 Å². The summed E-state index contributed by atoms with van der Waals surface area (Å²) in [5, 5.41) is 11.5. The number of carbonyl (C=O) groups is 2. The van der Waals surface area contributed by atoms with E-state index in [2.05, 4.69) is 5.32 Å². The molecule has 1 atom stereocenters. The van der Waals surface area contributed by atoms with E-state index in [1.54, 1.807) is 20.8 Å². The molecule has 0 bridgehead atoms. The second-order valence-electron chi connectivity index (χ2n) is 5.95. The van der Waals surface area contributed by atoms with E-state index in [9.17, 15) is 23.1 Å². The summed E-state index contributed by atoms with van der Waals surface area (Å²) in [6, 6.07) is 2.42. The number of carboxylic acids is 1. The molecule has 0 saturated heterocycles. The molecular weight excluding hydrogens is 324 g/mol. The van der Waals surface area contributed by atoms with Crippen LogP contribution in [0.3, 0.4) is 0 Å². The largest absolute Gasteiger partial charge is 0.479 e. The summed E-state index contributed by atoms with van der Waals surface area (Å²) in [6.07, 6.45) is 0.00793. The first-order chi connectivity index (χ1) is 10.3. The number of nitrogen functional groups attached to an aromatic ring is 1. The second kappa shape index (κ2) is 6.45. The van der Waals surface area contributed by atoms with Gasteiger partial charge in [0.2, 0.25) is 0 Å². The Morgan fingerprint density at radius 3 is 2.30 bits per heavy atom. The number of carbonyl (C=O) groups excluding carboxylic acids is 1. The summed E-state index contributed by atoms with van der Waals surface area (Å²) >= 11 is 0. The van der Waals surface area contributed by atoms with E-state index in [0.29, 0.717) is 0 Å². The summed E-state index contributed by atoms with van der Waals surface area (Å²) in [5.41, 5.74) is 4.70. The van der Waals surface area contributed by atoms with Gasteiger partial charge in [0.1, 0.15) is 5.60 Å². The van der Waals surface area contributed by atoms with Crippen LogP contribution in [0.5, 0.6) is 0 Å². The topological polar surface area (TPSA) is 136 Å².